The maximum absolute atomic E-state index is 10.6. The van der Waals surface area contributed by atoms with Crippen molar-refractivity contribution in [3.8, 4) is 56.9 Å². The van der Waals surface area contributed by atoms with Gasteiger partial charge in [-0.2, -0.15) is 10.5 Å². The van der Waals surface area contributed by atoms with E-state index < -0.39 is 0 Å². The Morgan fingerprint density at radius 1 is 0.397 bits per heavy atom. The van der Waals surface area contributed by atoms with Gasteiger partial charge in [0.05, 0.1) is 56.4 Å². The first-order valence-corrected chi connectivity index (χ1v) is 19.1. The zero-order valence-corrected chi connectivity index (χ0v) is 31.0. The van der Waals surface area contributed by atoms with Crippen molar-refractivity contribution in [1.82, 2.24) is 19.1 Å². The number of fused-ring (bicyclic) bond motifs is 7. The van der Waals surface area contributed by atoms with Crippen molar-refractivity contribution in [3.63, 3.8) is 0 Å². The Kier molecular flexibility index (Phi) is 7.50. The fraction of sp³-hybridized carbons (Fsp3) is 0. The van der Waals surface area contributed by atoms with Gasteiger partial charge in [0.25, 0.3) is 0 Å². The number of aromatic nitrogens is 4. The number of rotatable bonds is 5. The normalized spacial score (nSPS) is 11.4. The van der Waals surface area contributed by atoms with Crippen LogP contribution >= 0.6 is 0 Å². The summed E-state index contributed by atoms with van der Waals surface area (Å²) in [6.45, 7) is 0. The second kappa shape index (κ2) is 13.2. The molecule has 0 saturated carbocycles. The molecule has 0 radical (unpaired) electrons. The average Bonchev–Trinajstić information content (AvgIpc) is 3.79. The third-order valence-electron chi connectivity index (χ3n) is 11.3. The van der Waals surface area contributed by atoms with Crippen LogP contribution in [0.5, 0.6) is 0 Å². The van der Waals surface area contributed by atoms with E-state index in [0.29, 0.717) is 16.7 Å². The summed E-state index contributed by atoms with van der Waals surface area (Å²) < 4.78 is 4.66. The summed E-state index contributed by atoms with van der Waals surface area (Å²) in [6.07, 6.45) is 3.58. The Morgan fingerprint density at radius 2 is 0.983 bits per heavy atom. The molecule has 58 heavy (non-hydrogen) atoms. The molecule has 0 aliphatic rings. The Labute approximate surface area is 333 Å². The van der Waals surface area contributed by atoms with Crippen molar-refractivity contribution >= 4 is 54.6 Å². The topological polar surface area (TPSA) is 83.2 Å². The van der Waals surface area contributed by atoms with Crippen molar-refractivity contribution in [1.29, 1.82) is 10.5 Å². The minimum absolute atomic E-state index is 0.446. The van der Waals surface area contributed by atoms with Crippen molar-refractivity contribution in [2.45, 2.75) is 0 Å². The fourth-order valence-electron chi connectivity index (χ4n) is 8.70. The summed E-state index contributed by atoms with van der Waals surface area (Å²) in [6, 6.07) is 63.1. The number of hydrogen-bond donors (Lipinski definition) is 0. The molecular weight excluding hydrogens is 709 g/mol. The van der Waals surface area contributed by atoms with Gasteiger partial charge in [-0.25, -0.2) is 0 Å². The van der Waals surface area contributed by atoms with Gasteiger partial charge >= 0.3 is 0 Å². The molecule has 6 nitrogen and oxygen atoms in total. The molecular formula is C52H30N6. The number of hydrogen-bond acceptors (Lipinski definition) is 4. The molecule has 0 N–H and O–H groups in total. The van der Waals surface area contributed by atoms with Crippen LogP contribution in [0.3, 0.4) is 0 Å². The lowest BCUT2D eigenvalue weighted by atomic mass is 9.90. The van der Waals surface area contributed by atoms with E-state index in [-0.39, 0.29) is 0 Å². The van der Waals surface area contributed by atoms with Crippen molar-refractivity contribution in [2.75, 3.05) is 0 Å². The van der Waals surface area contributed by atoms with Gasteiger partial charge in [-0.1, -0.05) is 84.9 Å². The molecule has 0 spiro atoms. The number of benzene rings is 7. The first kappa shape index (κ1) is 33.1. The first-order chi connectivity index (χ1) is 28.7. The predicted octanol–water partition coefficient (Wildman–Crippen LogP) is 12.6. The Morgan fingerprint density at radius 3 is 1.67 bits per heavy atom. The molecule has 6 heteroatoms. The highest BCUT2D eigenvalue weighted by atomic mass is 15.0. The quantitative estimate of drug-likeness (QED) is 0.176. The molecule has 0 aliphatic carbocycles. The molecule has 11 rings (SSSR count). The van der Waals surface area contributed by atoms with Gasteiger partial charge in [0.1, 0.15) is 0 Å². The van der Waals surface area contributed by atoms with E-state index in [0.717, 1.165) is 88.5 Å². The van der Waals surface area contributed by atoms with Crippen molar-refractivity contribution < 1.29 is 0 Å². The predicted molar refractivity (Wildman–Crippen MR) is 234 cm³/mol. The minimum atomic E-state index is 0.446. The van der Waals surface area contributed by atoms with Crippen LogP contribution in [-0.2, 0) is 0 Å². The van der Waals surface area contributed by atoms with Crippen LogP contribution in [0.15, 0.2) is 182 Å². The summed E-state index contributed by atoms with van der Waals surface area (Å²) in [4.78, 5) is 9.03. The van der Waals surface area contributed by atoms with E-state index in [1.807, 2.05) is 60.7 Å². The summed E-state index contributed by atoms with van der Waals surface area (Å²) >= 11 is 0. The standard InChI is InChI=1S/C52H30N6/c53-31-37-26-36(33-17-19-34(20-18-33)41-23-25-55-46-15-9-24-56-52(41)46)27-38(32-54)51(37)35-21-22-48-43(28-35)45-29-44-42-14-7-8-16-47(42)57(39-10-3-1-4-11-39)49(44)30-50(45)58(48)40-12-5-2-6-13-40/h1-30H. The smallest absolute Gasteiger partial charge is 0.0998 e. The van der Waals surface area contributed by atoms with Gasteiger partial charge in [-0.15, -0.1) is 0 Å². The highest BCUT2D eigenvalue weighted by molar-refractivity contribution is 6.19. The van der Waals surface area contributed by atoms with Gasteiger partial charge in [-0.05, 0) is 107 Å². The van der Waals surface area contributed by atoms with E-state index in [2.05, 4.69) is 140 Å². The zero-order valence-electron chi connectivity index (χ0n) is 31.0. The van der Waals surface area contributed by atoms with Crippen LogP contribution in [0, 0.1) is 22.7 Å². The Hall–Kier alpha value is -8.32. The average molecular weight is 739 g/mol. The summed E-state index contributed by atoms with van der Waals surface area (Å²) in [7, 11) is 0. The summed E-state index contributed by atoms with van der Waals surface area (Å²) in [5.41, 5.74) is 14.3. The summed E-state index contributed by atoms with van der Waals surface area (Å²) in [5.74, 6) is 0. The molecule has 0 fully saturated rings. The molecule has 0 amide bonds. The summed E-state index contributed by atoms with van der Waals surface area (Å²) in [5, 5.41) is 25.7. The monoisotopic (exact) mass is 738 g/mol. The van der Waals surface area contributed by atoms with E-state index in [4.69, 9.17) is 0 Å². The van der Waals surface area contributed by atoms with Crippen LogP contribution < -0.4 is 0 Å². The van der Waals surface area contributed by atoms with Gasteiger partial charge in [-0.3, -0.25) is 9.97 Å². The van der Waals surface area contributed by atoms with E-state index in [1.54, 1.807) is 12.4 Å². The molecule has 268 valence electrons. The van der Waals surface area contributed by atoms with E-state index in [9.17, 15) is 10.5 Å². The van der Waals surface area contributed by atoms with Gasteiger partial charge in [0.2, 0.25) is 0 Å². The van der Waals surface area contributed by atoms with Crippen molar-refractivity contribution in [2.24, 2.45) is 0 Å². The van der Waals surface area contributed by atoms with Crippen LogP contribution in [0.25, 0.3) is 99.4 Å². The van der Waals surface area contributed by atoms with E-state index in [1.165, 1.54) is 5.39 Å². The SMILES string of the molecule is N#Cc1cc(-c2ccc(-c3ccnc4cccnc34)cc2)cc(C#N)c1-c1ccc2c(c1)c1cc3c4ccccc4n(-c4ccccc4)c3cc1n2-c1ccccc1. The molecule has 0 atom stereocenters. The maximum Gasteiger partial charge on any atom is 0.0998 e. The molecule has 0 bridgehead atoms. The number of nitriles is 2. The zero-order chi connectivity index (χ0) is 38.7. The molecule has 11 aromatic rings. The fourth-order valence-corrected chi connectivity index (χ4v) is 8.70. The van der Waals surface area contributed by atoms with Crippen LogP contribution in [-0.4, -0.2) is 19.1 Å². The molecule has 7 aromatic carbocycles. The van der Waals surface area contributed by atoms with Crippen LogP contribution in [0.1, 0.15) is 11.1 Å². The maximum atomic E-state index is 10.6. The van der Waals surface area contributed by atoms with Crippen LogP contribution in [0.2, 0.25) is 0 Å². The van der Waals surface area contributed by atoms with Gasteiger partial charge in [0.15, 0.2) is 0 Å². The minimum Gasteiger partial charge on any atom is -0.309 e. The Bertz CT molecular complexity index is 3470. The van der Waals surface area contributed by atoms with Crippen LogP contribution in [0.4, 0.5) is 0 Å². The van der Waals surface area contributed by atoms with Crippen molar-refractivity contribution in [3.05, 3.63) is 193 Å². The van der Waals surface area contributed by atoms with Gasteiger partial charge in [0, 0.05) is 56.4 Å². The highest BCUT2D eigenvalue weighted by Crippen LogP contribution is 2.42. The third kappa shape index (κ3) is 5.10. The second-order valence-corrected chi connectivity index (χ2v) is 14.5. The molecule has 0 saturated heterocycles. The lowest BCUT2D eigenvalue weighted by molar-refractivity contribution is 1.16. The lowest BCUT2D eigenvalue weighted by Crippen LogP contribution is -1.96. The molecule has 4 heterocycles. The second-order valence-electron chi connectivity index (χ2n) is 14.5. The molecule has 4 aromatic heterocycles. The lowest BCUT2D eigenvalue weighted by Gasteiger charge is -2.12. The Balaban J connectivity index is 1.09. The molecule has 0 aliphatic heterocycles. The molecule has 0 unspecified atom stereocenters. The third-order valence-corrected chi connectivity index (χ3v) is 11.3. The number of pyridine rings is 2. The largest absolute Gasteiger partial charge is 0.309 e. The van der Waals surface area contributed by atoms with Gasteiger partial charge < -0.3 is 9.13 Å². The van der Waals surface area contributed by atoms with E-state index >= 15 is 0 Å². The first-order valence-electron chi connectivity index (χ1n) is 19.1. The number of para-hydroxylation sites is 3. The highest BCUT2D eigenvalue weighted by Gasteiger charge is 2.21. The number of nitrogens with zero attached hydrogens (tertiary/aromatic N) is 6.